The monoisotopic (exact) mass is 313 g/mol. The van der Waals surface area contributed by atoms with Gasteiger partial charge in [-0.25, -0.2) is 8.42 Å². The maximum Gasteiger partial charge on any atom is 0.289 e. The Hall–Kier alpha value is -1.51. The highest BCUT2D eigenvalue weighted by Crippen LogP contribution is 2.27. The van der Waals surface area contributed by atoms with E-state index in [1.807, 2.05) is 0 Å². The summed E-state index contributed by atoms with van der Waals surface area (Å²) in [6.45, 7) is 6.10. The van der Waals surface area contributed by atoms with Gasteiger partial charge in [0.15, 0.2) is 4.90 Å². The molecule has 0 atom stereocenters. The van der Waals surface area contributed by atoms with E-state index < -0.39 is 14.9 Å². The van der Waals surface area contributed by atoms with Crippen LogP contribution in [0, 0.1) is 10.1 Å². The second-order valence-electron chi connectivity index (χ2n) is 5.26. The SMILES string of the molecule is CC(C)N1CCN(S(=O)(=O)c2ccccc2[N+](=O)[O-])CC1. The fourth-order valence-electron chi connectivity index (χ4n) is 2.43. The number of nitro benzene ring substituents is 1. The third kappa shape index (κ3) is 3.22. The number of hydrogen-bond acceptors (Lipinski definition) is 5. The van der Waals surface area contributed by atoms with Gasteiger partial charge in [0.05, 0.1) is 4.92 Å². The molecular weight excluding hydrogens is 294 g/mol. The predicted molar refractivity (Wildman–Crippen MR) is 78.6 cm³/mol. The topological polar surface area (TPSA) is 83.8 Å². The van der Waals surface area contributed by atoms with Gasteiger partial charge in [0.1, 0.15) is 0 Å². The summed E-state index contributed by atoms with van der Waals surface area (Å²) in [5.41, 5.74) is -0.371. The first-order valence-corrected chi connectivity index (χ1v) is 8.25. The summed E-state index contributed by atoms with van der Waals surface area (Å²) in [4.78, 5) is 12.3. The molecule has 0 amide bonds. The van der Waals surface area contributed by atoms with Crippen LogP contribution in [0.1, 0.15) is 13.8 Å². The second-order valence-corrected chi connectivity index (χ2v) is 7.16. The van der Waals surface area contributed by atoms with E-state index in [0.717, 1.165) is 0 Å². The number of nitro groups is 1. The van der Waals surface area contributed by atoms with Gasteiger partial charge in [-0.1, -0.05) is 12.1 Å². The zero-order valence-electron chi connectivity index (χ0n) is 12.1. The molecule has 1 heterocycles. The van der Waals surface area contributed by atoms with Crippen molar-refractivity contribution in [3.8, 4) is 0 Å². The standard InChI is InChI=1S/C13H19N3O4S/c1-11(2)14-7-9-15(10-8-14)21(19,20)13-6-4-3-5-12(13)16(17)18/h3-6,11H,7-10H2,1-2H3. The molecule has 21 heavy (non-hydrogen) atoms. The number of nitrogens with zero attached hydrogens (tertiary/aromatic N) is 3. The number of para-hydroxylation sites is 1. The molecule has 0 saturated carbocycles. The molecule has 2 rings (SSSR count). The van der Waals surface area contributed by atoms with Crippen molar-refractivity contribution in [2.24, 2.45) is 0 Å². The van der Waals surface area contributed by atoms with Crippen LogP contribution in [0.4, 0.5) is 5.69 Å². The Kier molecular flexibility index (Phi) is 4.60. The van der Waals surface area contributed by atoms with Crippen LogP contribution in [0.5, 0.6) is 0 Å². The lowest BCUT2D eigenvalue weighted by atomic mass is 10.3. The van der Waals surface area contributed by atoms with Gasteiger partial charge in [0.25, 0.3) is 5.69 Å². The lowest BCUT2D eigenvalue weighted by Crippen LogP contribution is -2.50. The van der Waals surface area contributed by atoms with E-state index in [1.54, 1.807) is 0 Å². The summed E-state index contributed by atoms with van der Waals surface area (Å²) in [5.74, 6) is 0. The Bertz CT molecular complexity index is 622. The minimum atomic E-state index is -3.82. The lowest BCUT2D eigenvalue weighted by molar-refractivity contribution is -0.387. The summed E-state index contributed by atoms with van der Waals surface area (Å²) in [5, 5.41) is 11.0. The van der Waals surface area contributed by atoms with Gasteiger partial charge in [0.2, 0.25) is 10.0 Å². The summed E-state index contributed by atoms with van der Waals surface area (Å²) in [7, 11) is -3.82. The van der Waals surface area contributed by atoms with Crippen LogP contribution in [0.15, 0.2) is 29.2 Å². The van der Waals surface area contributed by atoms with E-state index in [2.05, 4.69) is 18.7 Å². The molecule has 1 fully saturated rings. The molecule has 0 spiro atoms. The van der Waals surface area contributed by atoms with Crippen molar-refractivity contribution in [2.45, 2.75) is 24.8 Å². The van der Waals surface area contributed by atoms with Crippen molar-refractivity contribution in [1.82, 2.24) is 9.21 Å². The van der Waals surface area contributed by atoms with E-state index in [1.165, 1.54) is 28.6 Å². The molecule has 0 unspecified atom stereocenters. The summed E-state index contributed by atoms with van der Waals surface area (Å²) >= 11 is 0. The van der Waals surface area contributed by atoms with Gasteiger partial charge in [-0.3, -0.25) is 15.0 Å². The molecular formula is C13H19N3O4S. The minimum absolute atomic E-state index is 0.229. The van der Waals surface area contributed by atoms with Gasteiger partial charge >= 0.3 is 0 Å². The zero-order valence-corrected chi connectivity index (χ0v) is 12.9. The lowest BCUT2D eigenvalue weighted by Gasteiger charge is -2.36. The highest BCUT2D eigenvalue weighted by Gasteiger charge is 2.33. The van der Waals surface area contributed by atoms with Crippen molar-refractivity contribution < 1.29 is 13.3 Å². The van der Waals surface area contributed by atoms with E-state index in [4.69, 9.17) is 0 Å². The maximum absolute atomic E-state index is 12.6. The zero-order chi connectivity index (χ0) is 15.6. The van der Waals surface area contributed by atoms with Crippen LogP contribution < -0.4 is 0 Å². The number of benzene rings is 1. The Morgan fingerprint density at radius 1 is 1.14 bits per heavy atom. The molecule has 1 aromatic carbocycles. The Balaban J connectivity index is 2.26. The smallest absolute Gasteiger partial charge is 0.289 e. The van der Waals surface area contributed by atoms with Crippen molar-refractivity contribution in [2.75, 3.05) is 26.2 Å². The highest BCUT2D eigenvalue weighted by molar-refractivity contribution is 7.89. The summed E-state index contributed by atoms with van der Waals surface area (Å²) < 4.78 is 26.5. The summed E-state index contributed by atoms with van der Waals surface area (Å²) in [6, 6.07) is 5.85. The molecule has 8 heteroatoms. The summed E-state index contributed by atoms with van der Waals surface area (Å²) in [6.07, 6.45) is 0. The normalized spacial score (nSPS) is 18.0. The fraction of sp³-hybridized carbons (Fsp3) is 0.538. The van der Waals surface area contributed by atoms with Crippen LogP contribution in [0.25, 0.3) is 0 Å². The Morgan fingerprint density at radius 3 is 2.24 bits per heavy atom. The molecule has 1 aromatic rings. The van der Waals surface area contributed by atoms with Crippen LogP contribution in [-0.4, -0.2) is 54.8 Å². The largest absolute Gasteiger partial charge is 0.298 e. The molecule has 1 saturated heterocycles. The van der Waals surface area contributed by atoms with E-state index >= 15 is 0 Å². The van der Waals surface area contributed by atoms with Gasteiger partial charge in [0, 0.05) is 38.3 Å². The van der Waals surface area contributed by atoms with E-state index in [9.17, 15) is 18.5 Å². The Labute approximate surface area is 124 Å². The van der Waals surface area contributed by atoms with E-state index in [-0.39, 0.29) is 10.6 Å². The van der Waals surface area contributed by atoms with Crippen LogP contribution in [-0.2, 0) is 10.0 Å². The van der Waals surface area contributed by atoms with Crippen LogP contribution >= 0.6 is 0 Å². The third-order valence-electron chi connectivity index (χ3n) is 3.68. The first-order valence-electron chi connectivity index (χ1n) is 6.81. The highest BCUT2D eigenvalue weighted by atomic mass is 32.2. The molecule has 116 valence electrons. The molecule has 0 N–H and O–H groups in total. The molecule has 1 aliphatic rings. The van der Waals surface area contributed by atoms with E-state index in [0.29, 0.717) is 32.2 Å². The van der Waals surface area contributed by atoms with Crippen molar-refractivity contribution in [3.63, 3.8) is 0 Å². The quantitative estimate of drug-likeness (QED) is 0.618. The third-order valence-corrected chi connectivity index (χ3v) is 5.63. The van der Waals surface area contributed by atoms with Crippen molar-refractivity contribution >= 4 is 15.7 Å². The van der Waals surface area contributed by atoms with Gasteiger partial charge < -0.3 is 0 Å². The first-order chi connectivity index (χ1) is 9.84. The molecule has 7 nitrogen and oxygen atoms in total. The average molecular weight is 313 g/mol. The van der Waals surface area contributed by atoms with Gasteiger partial charge in [-0.05, 0) is 19.9 Å². The van der Waals surface area contributed by atoms with Gasteiger partial charge in [-0.2, -0.15) is 4.31 Å². The molecule has 0 aromatic heterocycles. The number of sulfonamides is 1. The van der Waals surface area contributed by atoms with Crippen LogP contribution in [0.3, 0.4) is 0 Å². The maximum atomic E-state index is 12.6. The predicted octanol–water partition coefficient (Wildman–Crippen LogP) is 1.31. The molecule has 1 aliphatic heterocycles. The molecule has 0 aliphatic carbocycles. The minimum Gasteiger partial charge on any atom is -0.298 e. The van der Waals surface area contributed by atoms with Gasteiger partial charge in [-0.15, -0.1) is 0 Å². The van der Waals surface area contributed by atoms with Crippen LogP contribution in [0.2, 0.25) is 0 Å². The second kappa shape index (κ2) is 6.08. The fourth-order valence-corrected chi connectivity index (χ4v) is 4.01. The van der Waals surface area contributed by atoms with Crippen molar-refractivity contribution in [1.29, 1.82) is 0 Å². The average Bonchev–Trinajstić information content (AvgIpc) is 2.47. The molecule has 0 bridgehead atoms. The van der Waals surface area contributed by atoms with Crippen molar-refractivity contribution in [3.05, 3.63) is 34.4 Å². The molecule has 0 radical (unpaired) electrons. The number of piperazine rings is 1. The first kappa shape index (κ1) is 15.9. The number of rotatable bonds is 4. The Morgan fingerprint density at radius 2 is 1.71 bits per heavy atom. The number of hydrogen-bond donors (Lipinski definition) is 0.